The predicted octanol–water partition coefficient (Wildman–Crippen LogP) is 3.27. The molecule has 0 saturated carbocycles. The van der Waals surface area contributed by atoms with E-state index in [2.05, 4.69) is 22.9 Å². The summed E-state index contributed by atoms with van der Waals surface area (Å²) in [6.07, 6.45) is 10.9. The molecule has 0 N–H and O–H groups in total. The zero-order valence-electron chi connectivity index (χ0n) is 14.6. The molecule has 0 unspecified atom stereocenters. The Kier molecular flexibility index (Phi) is 5.66. The number of hydrogen-bond donors (Lipinski definition) is 0. The van der Waals surface area contributed by atoms with Gasteiger partial charge >= 0.3 is 0 Å². The highest BCUT2D eigenvalue weighted by Gasteiger charge is 2.23. The smallest absolute Gasteiger partial charge is 0.0110 e. The van der Waals surface area contributed by atoms with E-state index in [0.29, 0.717) is 0 Å². The van der Waals surface area contributed by atoms with Gasteiger partial charge in [0.25, 0.3) is 0 Å². The quantitative estimate of drug-likeness (QED) is 0.834. The summed E-state index contributed by atoms with van der Waals surface area (Å²) >= 11 is 0. The summed E-state index contributed by atoms with van der Waals surface area (Å²) in [5.74, 6) is 0. The molecule has 23 heavy (non-hydrogen) atoms. The summed E-state index contributed by atoms with van der Waals surface area (Å²) in [5, 5.41) is 0. The first-order valence-corrected chi connectivity index (χ1v) is 9.37. The van der Waals surface area contributed by atoms with E-state index in [0.717, 1.165) is 0 Å². The van der Waals surface area contributed by atoms with Crippen molar-refractivity contribution in [2.45, 2.75) is 51.4 Å². The lowest BCUT2D eigenvalue weighted by atomic mass is 9.91. The molecule has 0 aromatic heterocycles. The third-order valence-corrected chi connectivity index (χ3v) is 6.10. The fourth-order valence-corrected chi connectivity index (χ4v) is 4.79. The number of piperazine rings is 1. The molecule has 2 aliphatic carbocycles. The summed E-state index contributed by atoms with van der Waals surface area (Å²) in [6, 6.07) is 2.56. The molecule has 1 fully saturated rings. The third-order valence-electron chi connectivity index (χ3n) is 6.10. The van der Waals surface area contributed by atoms with Gasteiger partial charge in [-0.2, -0.15) is 0 Å². The molecule has 0 radical (unpaired) electrons. The molecule has 0 bridgehead atoms. The van der Waals surface area contributed by atoms with Gasteiger partial charge in [0.05, 0.1) is 0 Å². The number of halogens is 1. The van der Waals surface area contributed by atoms with Crippen molar-refractivity contribution in [1.82, 2.24) is 9.80 Å². The van der Waals surface area contributed by atoms with Gasteiger partial charge < -0.3 is 9.80 Å². The number of aryl methyl sites for hydroxylation is 2. The molecular weight excluding hydrogens is 304 g/mol. The summed E-state index contributed by atoms with van der Waals surface area (Å²) in [4.78, 5) is 5.12. The van der Waals surface area contributed by atoms with Gasteiger partial charge in [-0.15, -0.1) is 12.4 Å². The number of fused-ring (bicyclic) bond motifs is 2. The van der Waals surface area contributed by atoms with E-state index < -0.39 is 0 Å². The Labute approximate surface area is 147 Å². The highest BCUT2D eigenvalue weighted by molar-refractivity contribution is 5.85. The van der Waals surface area contributed by atoms with Crippen molar-refractivity contribution in [3.05, 3.63) is 33.9 Å². The van der Waals surface area contributed by atoms with Gasteiger partial charge in [0.2, 0.25) is 0 Å². The molecule has 0 spiro atoms. The average molecular weight is 335 g/mol. The second-order valence-corrected chi connectivity index (χ2v) is 7.59. The van der Waals surface area contributed by atoms with Gasteiger partial charge in [-0.25, -0.2) is 0 Å². The summed E-state index contributed by atoms with van der Waals surface area (Å²) in [7, 11) is 2.24. The van der Waals surface area contributed by atoms with Crippen molar-refractivity contribution in [2.75, 3.05) is 39.8 Å². The van der Waals surface area contributed by atoms with Crippen LogP contribution in [0.3, 0.4) is 0 Å². The topological polar surface area (TPSA) is 6.48 Å². The maximum Gasteiger partial charge on any atom is 0.0110 e. The molecule has 3 aliphatic rings. The van der Waals surface area contributed by atoms with Gasteiger partial charge in [0.1, 0.15) is 0 Å². The van der Waals surface area contributed by atoms with Crippen molar-refractivity contribution < 1.29 is 0 Å². The molecule has 0 atom stereocenters. The number of nitrogens with zero attached hydrogens (tertiary/aromatic N) is 2. The average Bonchev–Trinajstić information content (AvgIpc) is 3.17. The van der Waals surface area contributed by atoms with Crippen LogP contribution in [0.5, 0.6) is 0 Å². The molecule has 1 aromatic rings. The lowest BCUT2D eigenvalue weighted by molar-refractivity contribution is 0.153. The van der Waals surface area contributed by atoms with Gasteiger partial charge in [-0.1, -0.05) is 6.07 Å². The largest absolute Gasteiger partial charge is 0.304 e. The van der Waals surface area contributed by atoms with E-state index >= 15 is 0 Å². The summed E-state index contributed by atoms with van der Waals surface area (Å²) in [6.45, 7) is 6.32. The van der Waals surface area contributed by atoms with E-state index in [1.807, 2.05) is 0 Å². The molecule has 1 aromatic carbocycles. The molecule has 1 saturated heterocycles. The molecule has 4 rings (SSSR count). The maximum absolute atomic E-state index is 2.67. The molecule has 3 heteroatoms. The third kappa shape index (κ3) is 3.60. The Bertz CT molecular complexity index is 515. The zero-order valence-corrected chi connectivity index (χ0v) is 15.4. The maximum atomic E-state index is 2.67. The Morgan fingerprint density at radius 1 is 0.870 bits per heavy atom. The van der Waals surface area contributed by atoms with Gasteiger partial charge in [-0.3, -0.25) is 0 Å². The fraction of sp³-hybridized carbons (Fsp3) is 0.700. The first-order valence-electron chi connectivity index (χ1n) is 9.37. The minimum Gasteiger partial charge on any atom is -0.304 e. The van der Waals surface area contributed by atoms with Crippen molar-refractivity contribution in [3.63, 3.8) is 0 Å². The van der Waals surface area contributed by atoms with Crippen molar-refractivity contribution in [1.29, 1.82) is 0 Å². The molecule has 0 amide bonds. The number of benzene rings is 1. The van der Waals surface area contributed by atoms with E-state index in [1.54, 1.807) is 27.8 Å². The minimum atomic E-state index is 0. The van der Waals surface area contributed by atoms with Crippen molar-refractivity contribution >= 4 is 12.4 Å². The van der Waals surface area contributed by atoms with Gasteiger partial charge in [0.15, 0.2) is 0 Å². The van der Waals surface area contributed by atoms with Crippen LogP contribution in [0.2, 0.25) is 0 Å². The van der Waals surface area contributed by atoms with Crippen LogP contribution in [-0.2, 0) is 32.1 Å². The van der Waals surface area contributed by atoms with E-state index in [9.17, 15) is 0 Å². The van der Waals surface area contributed by atoms with E-state index in [-0.39, 0.29) is 12.4 Å². The van der Waals surface area contributed by atoms with Crippen LogP contribution < -0.4 is 0 Å². The first-order chi connectivity index (χ1) is 10.8. The first kappa shape index (κ1) is 17.3. The molecule has 1 heterocycles. The van der Waals surface area contributed by atoms with Crippen LogP contribution in [0.4, 0.5) is 0 Å². The van der Waals surface area contributed by atoms with Crippen LogP contribution in [0.1, 0.15) is 47.1 Å². The van der Waals surface area contributed by atoms with Gasteiger partial charge in [-0.05, 0) is 92.8 Å². The van der Waals surface area contributed by atoms with Crippen LogP contribution >= 0.6 is 12.4 Å². The number of rotatable bonds is 4. The summed E-state index contributed by atoms with van der Waals surface area (Å²) < 4.78 is 0. The number of hydrogen-bond acceptors (Lipinski definition) is 2. The lowest BCUT2D eigenvalue weighted by Crippen LogP contribution is -2.44. The fourth-order valence-electron chi connectivity index (χ4n) is 4.79. The Hall–Kier alpha value is -0.570. The highest BCUT2D eigenvalue weighted by Crippen LogP contribution is 2.35. The van der Waals surface area contributed by atoms with Gasteiger partial charge in [0, 0.05) is 26.2 Å². The van der Waals surface area contributed by atoms with Crippen LogP contribution in [0.15, 0.2) is 6.07 Å². The van der Waals surface area contributed by atoms with Crippen LogP contribution in [-0.4, -0.2) is 49.6 Å². The predicted molar refractivity (Wildman–Crippen MR) is 100.0 cm³/mol. The molecule has 128 valence electrons. The van der Waals surface area contributed by atoms with E-state index in [4.69, 9.17) is 0 Å². The Morgan fingerprint density at radius 2 is 1.48 bits per heavy atom. The van der Waals surface area contributed by atoms with Crippen molar-refractivity contribution in [2.24, 2.45) is 0 Å². The minimum absolute atomic E-state index is 0. The second-order valence-electron chi connectivity index (χ2n) is 7.59. The SMILES string of the molecule is CN1CCN(CCCc2c3c(cc4c2CCC4)CCC3)CC1.Cl. The van der Waals surface area contributed by atoms with E-state index in [1.165, 1.54) is 84.1 Å². The van der Waals surface area contributed by atoms with Crippen LogP contribution in [0.25, 0.3) is 0 Å². The molecule has 2 nitrogen and oxygen atoms in total. The Morgan fingerprint density at radius 3 is 2.09 bits per heavy atom. The standard InChI is InChI=1S/C20H30N2.ClH/c1-21-11-13-22(14-12-21)10-4-9-20-18-7-2-5-16(18)15-17-6-3-8-19(17)20;/h15H,2-14H2,1H3;1H. The normalized spacial score (nSPS) is 21.1. The lowest BCUT2D eigenvalue weighted by Gasteiger charge is -2.32. The second kappa shape index (κ2) is 7.55. The highest BCUT2D eigenvalue weighted by atomic mass is 35.5. The Balaban J connectivity index is 0.00000156. The van der Waals surface area contributed by atoms with Crippen LogP contribution in [0, 0.1) is 0 Å². The summed E-state index contributed by atoms with van der Waals surface area (Å²) in [5.41, 5.74) is 8.72. The zero-order chi connectivity index (χ0) is 14.9. The molecule has 1 aliphatic heterocycles. The van der Waals surface area contributed by atoms with Crippen molar-refractivity contribution in [3.8, 4) is 0 Å². The monoisotopic (exact) mass is 334 g/mol. The molecular formula is C20H31ClN2. The number of likely N-dealkylation sites (N-methyl/N-ethyl adjacent to an activating group) is 1.